The van der Waals surface area contributed by atoms with Gasteiger partial charge >= 0.3 is 12.1 Å². The Hall–Kier alpha value is -4.62. The standard InChI is InChI=1S/C34H39BN4O7S/c1-4-21-15-23(31(33(41)42)37-26-7-5-22-13-14-36-32(40)29(22)17-26)6-11-28(21)20(2)19-46-34(43)38-25-8-12-30(24(16-25)18-39(3)35)47(44,45)27-9-10-27/h5-8,11-17,20,27,31,37H,4,9-10,18-19,35H2,1-3H3,(H,36,40)(H,38,43)(H,41,42)/t20-,31?/m0/s1. The number of anilines is 2. The second-order valence-corrected chi connectivity index (χ2v) is 14.5. The van der Waals surface area contributed by atoms with E-state index in [-0.39, 0.29) is 23.3 Å². The molecule has 47 heavy (non-hydrogen) atoms. The number of benzene rings is 3. The molecule has 13 heteroatoms. The third-order valence-electron chi connectivity index (χ3n) is 8.27. The van der Waals surface area contributed by atoms with E-state index < -0.39 is 27.9 Å². The van der Waals surface area contributed by atoms with E-state index in [1.807, 2.05) is 45.8 Å². The lowest BCUT2D eigenvalue weighted by atomic mass is 9.91. The Labute approximate surface area is 274 Å². The number of aromatic nitrogens is 1. The molecule has 1 fully saturated rings. The molecule has 0 saturated heterocycles. The van der Waals surface area contributed by atoms with Crippen LogP contribution < -0.4 is 16.2 Å². The van der Waals surface area contributed by atoms with Crippen LogP contribution in [0.3, 0.4) is 0 Å². The van der Waals surface area contributed by atoms with Gasteiger partial charge in [0.2, 0.25) is 0 Å². The van der Waals surface area contributed by atoms with Gasteiger partial charge in [0.05, 0.1) is 16.8 Å². The van der Waals surface area contributed by atoms with Gasteiger partial charge in [0.15, 0.2) is 23.9 Å². The zero-order valence-electron chi connectivity index (χ0n) is 26.9. The molecule has 1 unspecified atom stereocenters. The monoisotopic (exact) mass is 658 g/mol. The largest absolute Gasteiger partial charge is 0.479 e. The summed E-state index contributed by atoms with van der Waals surface area (Å²) < 4.78 is 31.5. The van der Waals surface area contributed by atoms with Crippen molar-refractivity contribution in [3.8, 4) is 0 Å². The minimum Gasteiger partial charge on any atom is -0.479 e. The third kappa shape index (κ3) is 7.86. The molecule has 0 bridgehead atoms. The van der Waals surface area contributed by atoms with Crippen LogP contribution in [-0.2, 0) is 32.3 Å². The number of amides is 1. The third-order valence-corrected chi connectivity index (χ3v) is 10.6. The molecule has 4 N–H and O–H groups in total. The van der Waals surface area contributed by atoms with Crippen LogP contribution in [0.15, 0.2) is 76.6 Å². The summed E-state index contributed by atoms with van der Waals surface area (Å²) in [4.78, 5) is 42.2. The van der Waals surface area contributed by atoms with Gasteiger partial charge in [0.1, 0.15) is 0 Å². The number of carbonyl (C=O) groups excluding carboxylic acids is 1. The van der Waals surface area contributed by atoms with Crippen LogP contribution in [0.2, 0.25) is 0 Å². The number of sulfone groups is 1. The number of carboxylic acids is 1. The number of H-pyrrole nitrogens is 1. The van der Waals surface area contributed by atoms with Crippen molar-refractivity contribution in [1.82, 2.24) is 9.79 Å². The number of hydrogen-bond acceptors (Lipinski definition) is 8. The van der Waals surface area contributed by atoms with Gasteiger partial charge < -0.3 is 25.0 Å². The lowest BCUT2D eigenvalue weighted by Gasteiger charge is -2.21. The van der Waals surface area contributed by atoms with E-state index in [9.17, 15) is 27.9 Å². The predicted molar refractivity (Wildman–Crippen MR) is 184 cm³/mol. The van der Waals surface area contributed by atoms with Crippen LogP contribution in [0.5, 0.6) is 0 Å². The van der Waals surface area contributed by atoms with Crippen LogP contribution in [0.25, 0.3) is 10.8 Å². The number of hydrogen-bond donors (Lipinski definition) is 4. The van der Waals surface area contributed by atoms with Gasteiger partial charge in [-0.15, -0.1) is 0 Å². The topological polar surface area (TPSA) is 158 Å². The molecule has 2 atom stereocenters. The van der Waals surface area contributed by atoms with Gasteiger partial charge in [-0.3, -0.25) is 10.1 Å². The first-order chi connectivity index (χ1) is 22.4. The molecule has 0 spiro atoms. The first kappa shape index (κ1) is 33.7. The molecule has 1 aromatic heterocycles. The first-order valence-corrected chi connectivity index (χ1v) is 17.1. The number of nitrogens with one attached hydrogen (secondary N) is 3. The van der Waals surface area contributed by atoms with Gasteiger partial charge in [-0.25, -0.2) is 18.0 Å². The van der Waals surface area contributed by atoms with E-state index in [4.69, 9.17) is 4.74 Å². The van der Waals surface area contributed by atoms with Crippen LogP contribution in [0.1, 0.15) is 60.9 Å². The van der Waals surface area contributed by atoms with Crippen molar-refractivity contribution >= 4 is 52.0 Å². The van der Waals surface area contributed by atoms with Crippen molar-refractivity contribution in [1.29, 1.82) is 0 Å². The molecule has 0 radical (unpaired) electrons. The van der Waals surface area contributed by atoms with Gasteiger partial charge in [0.25, 0.3) is 5.56 Å². The summed E-state index contributed by atoms with van der Waals surface area (Å²) in [5, 5.41) is 16.7. The van der Waals surface area contributed by atoms with Gasteiger partial charge in [0, 0.05) is 35.4 Å². The summed E-state index contributed by atoms with van der Waals surface area (Å²) in [6, 6.07) is 16.1. The van der Waals surface area contributed by atoms with Crippen molar-refractivity contribution in [3.05, 3.63) is 99.5 Å². The highest BCUT2D eigenvalue weighted by atomic mass is 32.2. The summed E-state index contributed by atoms with van der Waals surface area (Å²) in [6.07, 6.45) is 2.87. The van der Waals surface area contributed by atoms with Crippen LogP contribution in [0.4, 0.5) is 16.2 Å². The molecule has 11 nitrogen and oxygen atoms in total. The van der Waals surface area contributed by atoms with Gasteiger partial charge in [-0.2, -0.15) is 0 Å². The molecule has 1 aliphatic carbocycles. The number of carbonyl (C=O) groups is 2. The number of pyridine rings is 1. The quantitative estimate of drug-likeness (QED) is 0.151. The van der Waals surface area contributed by atoms with E-state index in [0.717, 1.165) is 16.5 Å². The minimum atomic E-state index is -3.40. The highest BCUT2D eigenvalue weighted by Crippen LogP contribution is 2.36. The fourth-order valence-corrected chi connectivity index (χ4v) is 7.58. The Balaban J connectivity index is 1.26. The average molecular weight is 659 g/mol. The summed E-state index contributed by atoms with van der Waals surface area (Å²) in [5.41, 5.74) is 3.69. The molecule has 4 aromatic rings. The van der Waals surface area contributed by atoms with Crippen molar-refractivity contribution < 1.29 is 27.9 Å². The number of carboxylic acid groups (broad SMARTS) is 1. The molecule has 0 aliphatic heterocycles. The van der Waals surface area contributed by atoms with Crippen molar-refractivity contribution in [2.75, 3.05) is 24.3 Å². The van der Waals surface area contributed by atoms with E-state index in [1.54, 1.807) is 54.7 Å². The molecule has 1 aliphatic rings. The predicted octanol–water partition coefficient (Wildman–Crippen LogP) is 4.60. The Morgan fingerprint density at radius 3 is 2.49 bits per heavy atom. The SMILES string of the molecule is BN(C)Cc1cc(NC(=O)OC[C@H](C)c2ccc(C(Nc3ccc4cc[nH]c(=O)c4c3)C(=O)O)cc2CC)ccc1S(=O)(=O)C1CC1. The highest BCUT2D eigenvalue weighted by Gasteiger charge is 2.38. The Bertz CT molecular complexity index is 1980. The molecular weight excluding hydrogens is 619 g/mol. The van der Waals surface area contributed by atoms with E-state index in [2.05, 4.69) is 15.6 Å². The minimum absolute atomic E-state index is 0.0725. The Morgan fingerprint density at radius 2 is 1.81 bits per heavy atom. The van der Waals surface area contributed by atoms with E-state index in [0.29, 0.717) is 58.6 Å². The summed E-state index contributed by atoms with van der Waals surface area (Å²) in [5.74, 6) is -1.26. The van der Waals surface area contributed by atoms with Crippen molar-refractivity contribution in [3.63, 3.8) is 0 Å². The lowest BCUT2D eigenvalue weighted by Crippen LogP contribution is -2.21. The highest BCUT2D eigenvalue weighted by molar-refractivity contribution is 7.92. The fraction of sp³-hybridized carbons (Fsp3) is 0.324. The molecule has 1 amide bonds. The van der Waals surface area contributed by atoms with Crippen LogP contribution >= 0.6 is 0 Å². The number of fused-ring (bicyclic) bond motifs is 1. The zero-order chi connectivity index (χ0) is 33.9. The number of nitrogens with zero attached hydrogens (tertiary/aromatic N) is 1. The summed E-state index contributed by atoms with van der Waals surface area (Å²) >= 11 is 0. The van der Waals surface area contributed by atoms with Gasteiger partial charge in [-0.1, -0.05) is 38.1 Å². The van der Waals surface area contributed by atoms with Gasteiger partial charge in [-0.05, 0) is 90.3 Å². The number of rotatable bonds is 13. The maximum Gasteiger partial charge on any atom is 0.411 e. The summed E-state index contributed by atoms with van der Waals surface area (Å²) in [6.45, 7) is 4.37. The summed E-state index contributed by atoms with van der Waals surface area (Å²) in [7, 11) is 0.303. The number of aryl methyl sites for hydroxylation is 1. The maximum absolute atomic E-state index is 12.9. The zero-order valence-corrected chi connectivity index (χ0v) is 27.7. The lowest BCUT2D eigenvalue weighted by molar-refractivity contribution is -0.138. The average Bonchev–Trinajstić information content (AvgIpc) is 3.89. The number of ether oxygens (including phenoxy) is 1. The van der Waals surface area contributed by atoms with Crippen LogP contribution in [-0.4, -0.2) is 62.3 Å². The molecule has 246 valence electrons. The molecule has 3 aromatic carbocycles. The second kappa shape index (κ2) is 14.0. The van der Waals surface area contributed by atoms with E-state index >= 15 is 0 Å². The maximum atomic E-state index is 12.9. The normalized spacial score (nSPS) is 14.5. The van der Waals surface area contributed by atoms with E-state index in [1.165, 1.54) is 0 Å². The molecule has 1 heterocycles. The van der Waals surface area contributed by atoms with Crippen molar-refractivity contribution in [2.45, 2.75) is 61.8 Å². The fourth-order valence-electron chi connectivity index (χ4n) is 5.72. The first-order valence-electron chi connectivity index (χ1n) is 15.6. The second-order valence-electron chi connectivity index (χ2n) is 12.3. The molecule has 5 rings (SSSR count). The number of aromatic amines is 1. The Morgan fingerprint density at radius 1 is 1.06 bits per heavy atom. The smallest absolute Gasteiger partial charge is 0.411 e. The molecule has 1 saturated carbocycles. The Kier molecular flexibility index (Phi) is 10.1. The van der Waals surface area contributed by atoms with Crippen LogP contribution in [0, 0.1) is 0 Å². The molecular formula is C34H39BN4O7S. The van der Waals surface area contributed by atoms with Crippen molar-refractivity contribution in [2.24, 2.45) is 0 Å². The number of aliphatic carboxylic acids is 1.